The Hall–Kier alpha value is -2.41. The van der Waals surface area contributed by atoms with Crippen LogP contribution in [0.25, 0.3) is 0 Å². The number of pyridine rings is 1. The molecule has 1 aliphatic carbocycles. The molecule has 0 bridgehead atoms. The van der Waals surface area contributed by atoms with Crippen molar-refractivity contribution in [1.29, 1.82) is 0 Å². The van der Waals surface area contributed by atoms with Crippen molar-refractivity contribution in [3.63, 3.8) is 0 Å². The van der Waals surface area contributed by atoms with Gasteiger partial charge in [-0.15, -0.1) is 0 Å². The number of amides is 2. The maximum atomic E-state index is 12.6. The SMILES string of the molecule is NC(=O)c1cccnc1N1CCN(C(=O)C2CC=CC2)CC(O)C1. The first kappa shape index (κ1) is 16.4. The molecule has 24 heavy (non-hydrogen) atoms. The van der Waals surface area contributed by atoms with E-state index in [0.29, 0.717) is 37.6 Å². The van der Waals surface area contributed by atoms with E-state index in [2.05, 4.69) is 4.98 Å². The number of hydrogen-bond donors (Lipinski definition) is 2. The summed E-state index contributed by atoms with van der Waals surface area (Å²) in [5, 5.41) is 10.3. The van der Waals surface area contributed by atoms with Gasteiger partial charge in [-0.05, 0) is 25.0 Å². The molecule has 0 aromatic carbocycles. The Kier molecular flexibility index (Phi) is 4.80. The van der Waals surface area contributed by atoms with Gasteiger partial charge in [-0.3, -0.25) is 9.59 Å². The number of carbonyl (C=O) groups excluding carboxylic acids is 2. The third-order valence-corrected chi connectivity index (χ3v) is 4.52. The van der Waals surface area contributed by atoms with Crippen molar-refractivity contribution in [3.8, 4) is 0 Å². The zero-order valence-corrected chi connectivity index (χ0v) is 13.5. The number of anilines is 1. The second kappa shape index (κ2) is 7.00. The minimum Gasteiger partial charge on any atom is -0.389 e. The molecule has 3 N–H and O–H groups in total. The molecule has 0 saturated carbocycles. The summed E-state index contributed by atoms with van der Waals surface area (Å²) in [5.41, 5.74) is 5.74. The summed E-state index contributed by atoms with van der Waals surface area (Å²) >= 11 is 0. The Labute approximate surface area is 140 Å². The largest absolute Gasteiger partial charge is 0.389 e. The van der Waals surface area contributed by atoms with Crippen molar-refractivity contribution < 1.29 is 14.7 Å². The molecule has 128 valence electrons. The van der Waals surface area contributed by atoms with Gasteiger partial charge in [-0.1, -0.05) is 12.2 Å². The molecule has 1 saturated heterocycles. The molecule has 2 heterocycles. The van der Waals surface area contributed by atoms with Gasteiger partial charge in [-0.2, -0.15) is 0 Å². The van der Waals surface area contributed by atoms with E-state index in [-0.39, 0.29) is 11.8 Å². The highest BCUT2D eigenvalue weighted by atomic mass is 16.3. The summed E-state index contributed by atoms with van der Waals surface area (Å²) in [6.45, 7) is 1.59. The first-order valence-electron chi connectivity index (χ1n) is 8.18. The fourth-order valence-corrected chi connectivity index (χ4v) is 3.30. The number of aliphatic hydroxyl groups excluding tert-OH is 1. The molecular weight excluding hydrogens is 308 g/mol. The Balaban J connectivity index is 1.75. The molecule has 1 fully saturated rings. The Bertz CT molecular complexity index is 653. The van der Waals surface area contributed by atoms with Crippen molar-refractivity contribution in [2.75, 3.05) is 31.1 Å². The van der Waals surface area contributed by atoms with Crippen LogP contribution in [0.15, 0.2) is 30.5 Å². The van der Waals surface area contributed by atoms with Crippen molar-refractivity contribution in [2.45, 2.75) is 18.9 Å². The van der Waals surface area contributed by atoms with Crippen LogP contribution in [0.2, 0.25) is 0 Å². The van der Waals surface area contributed by atoms with Crippen LogP contribution in [0.1, 0.15) is 23.2 Å². The lowest BCUT2D eigenvalue weighted by atomic mass is 10.1. The number of aliphatic hydroxyl groups is 1. The van der Waals surface area contributed by atoms with Gasteiger partial charge in [0, 0.05) is 38.3 Å². The second-order valence-electron chi connectivity index (χ2n) is 6.26. The van der Waals surface area contributed by atoms with Crippen molar-refractivity contribution >= 4 is 17.6 Å². The number of primary amides is 1. The van der Waals surface area contributed by atoms with Crippen molar-refractivity contribution in [3.05, 3.63) is 36.0 Å². The summed E-state index contributed by atoms with van der Waals surface area (Å²) in [6, 6.07) is 3.27. The minimum atomic E-state index is -0.700. The van der Waals surface area contributed by atoms with Gasteiger partial charge in [0.2, 0.25) is 5.91 Å². The summed E-state index contributed by atoms with van der Waals surface area (Å²) in [6.07, 6.45) is 6.47. The number of nitrogens with zero attached hydrogens (tertiary/aromatic N) is 3. The third kappa shape index (κ3) is 3.41. The summed E-state index contributed by atoms with van der Waals surface area (Å²) in [7, 11) is 0. The standard InChI is InChI=1S/C17H22N4O3/c18-15(23)14-6-3-7-19-16(14)20-8-9-21(11-13(22)10-20)17(24)12-4-1-2-5-12/h1-3,6-7,12-13,22H,4-5,8-11H2,(H2,18,23). The van der Waals surface area contributed by atoms with Gasteiger partial charge >= 0.3 is 0 Å². The smallest absolute Gasteiger partial charge is 0.252 e. The molecule has 1 aromatic heterocycles. The molecule has 1 aromatic rings. The molecule has 1 aliphatic heterocycles. The highest BCUT2D eigenvalue weighted by Crippen LogP contribution is 2.23. The fraction of sp³-hybridized carbons (Fsp3) is 0.471. The number of rotatable bonds is 3. The molecule has 7 heteroatoms. The predicted molar refractivity (Wildman–Crippen MR) is 89.4 cm³/mol. The van der Waals surface area contributed by atoms with Crippen molar-refractivity contribution in [2.24, 2.45) is 11.7 Å². The van der Waals surface area contributed by atoms with E-state index in [1.807, 2.05) is 17.1 Å². The number of aromatic nitrogens is 1. The molecule has 2 amide bonds. The van der Waals surface area contributed by atoms with E-state index in [4.69, 9.17) is 5.73 Å². The normalized spacial score (nSPS) is 21.8. The van der Waals surface area contributed by atoms with Gasteiger partial charge in [0.15, 0.2) is 0 Å². The minimum absolute atomic E-state index is 0.0141. The van der Waals surface area contributed by atoms with Gasteiger partial charge in [0.1, 0.15) is 5.82 Å². The van der Waals surface area contributed by atoms with Gasteiger partial charge in [0.05, 0.1) is 11.7 Å². The van der Waals surface area contributed by atoms with Crippen LogP contribution in [-0.4, -0.2) is 59.1 Å². The number of β-amino-alcohol motifs (C(OH)–C–C–N with tert-alkyl or cyclic N) is 1. The second-order valence-corrected chi connectivity index (χ2v) is 6.26. The average molecular weight is 330 g/mol. The first-order chi connectivity index (χ1) is 11.6. The number of hydrogen-bond acceptors (Lipinski definition) is 5. The van der Waals surface area contributed by atoms with E-state index in [1.165, 1.54) is 0 Å². The van der Waals surface area contributed by atoms with Gasteiger partial charge in [-0.25, -0.2) is 4.98 Å². The Morgan fingerprint density at radius 1 is 1.21 bits per heavy atom. The zero-order valence-electron chi connectivity index (χ0n) is 13.5. The predicted octanol–water partition coefficient (Wildman–Crippen LogP) is 0.156. The zero-order chi connectivity index (χ0) is 17.1. The summed E-state index contributed by atoms with van der Waals surface area (Å²) in [5.74, 6) is -0.0282. The van der Waals surface area contributed by atoms with Crippen LogP contribution in [0.5, 0.6) is 0 Å². The lowest BCUT2D eigenvalue weighted by molar-refractivity contribution is -0.136. The lowest BCUT2D eigenvalue weighted by Crippen LogP contribution is -2.40. The summed E-state index contributed by atoms with van der Waals surface area (Å²) in [4.78, 5) is 32.0. The van der Waals surface area contributed by atoms with E-state index >= 15 is 0 Å². The molecule has 7 nitrogen and oxygen atoms in total. The molecule has 0 spiro atoms. The Morgan fingerprint density at radius 3 is 2.67 bits per heavy atom. The fourth-order valence-electron chi connectivity index (χ4n) is 3.30. The van der Waals surface area contributed by atoms with E-state index in [1.54, 1.807) is 23.2 Å². The number of nitrogens with two attached hydrogens (primary N) is 1. The van der Waals surface area contributed by atoms with Crippen LogP contribution < -0.4 is 10.6 Å². The molecule has 3 rings (SSSR count). The maximum Gasteiger partial charge on any atom is 0.252 e. The summed E-state index contributed by atoms with van der Waals surface area (Å²) < 4.78 is 0. The molecule has 0 radical (unpaired) electrons. The molecule has 1 unspecified atom stereocenters. The van der Waals surface area contributed by atoms with E-state index in [0.717, 1.165) is 12.8 Å². The molecular formula is C17H22N4O3. The molecule has 2 aliphatic rings. The lowest BCUT2D eigenvalue weighted by Gasteiger charge is -2.25. The van der Waals surface area contributed by atoms with Crippen LogP contribution in [0.3, 0.4) is 0 Å². The van der Waals surface area contributed by atoms with E-state index < -0.39 is 12.0 Å². The Morgan fingerprint density at radius 2 is 1.96 bits per heavy atom. The van der Waals surface area contributed by atoms with Crippen LogP contribution in [-0.2, 0) is 4.79 Å². The third-order valence-electron chi connectivity index (χ3n) is 4.52. The van der Waals surface area contributed by atoms with Crippen LogP contribution in [0.4, 0.5) is 5.82 Å². The van der Waals surface area contributed by atoms with Gasteiger partial charge < -0.3 is 20.6 Å². The average Bonchev–Trinajstić information content (AvgIpc) is 3.04. The first-order valence-corrected chi connectivity index (χ1v) is 8.18. The van der Waals surface area contributed by atoms with Gasteiger partial charge in [0.25, 0.3) is 5.91 Å². The van der Waals surface area contributed by atoms with E-state index in [9.17, 15) is 14.7 Å². The highest BCUT2D eigenvalue weighted by molar-refractivity contribution is 5.97. The monoisotopic (exact) mass is 330 g/mol. The maximum absolute atomic E-state index is 12.6. The quantitative estimate of drug-likeness (QED) is 0.769. The number of allylic oxidation sites excluding steroid dienone is 2. The highest BCUT2D eigenvalue weighted by Gasteiger charge is 2.30. The van der Waals surface area contributed by atoms with Crippen LogP contribution >= 0.6 is 0 Å². The van der Waals surface area contributed by atoms with Crippen molar-refractivity contribution in [1.82, 2.24) is 9.88 Å². The van der Waals surface area contributed by atoms with Crippen LogP contribution in [0, 0.1) is 5.92 Å². The number of carbonyl (C=O) groups is 2. The molecule has 1 atom stereocenters. The topological polar surface area (TPSA) is 99.8 Å².